The highest BCUT2D eigenvalue weighted by molar-refractivity contribution is 6.31. The lowest BCUT2D eigenvalue weighted by Gasteiger charge is -2.16. The predicted octanol–water partition coefficient (Wildman–Crippen LogP) is 2.37. The summed E-state index contributed by atoms with van der Waals surface area (Å²) in [7, 11) is 0. The van der Waals surface area contributed by atoms with Crippen molar-refractivity contribution in [3.05, 3.63) is 34.9 Å². The second-order valence-electron chi connectivity index (χ2n) is 4.45. The van der Waals surface area contributed by atoms with E-state index in [1.165, 1.54) is 12.0 Å². The topological polar surface area (TPSA) is 38.0 Å². The number of benzene rings is 1. The summed E-state index contributed by atoms with van der Waals surface area (Å²) >= 11 is 6.12. The Hall–Kier alpha value is -0.570. The molecule has 1 aromatic carbocycles. The van der Waals surface area contributed by atoms with Gasteiger partial charge in [-0.15, -0.1) is 0 Å². The van der Waals surface area contributed by atoms with Crippen LogP contribution in [0.2, 0.25) is 5.02 Å². The number of nitrogens with two attached hydrogens (primary N) is 1. The SMILES string of the molecule is CC1CC1C(Cc1ccccc1Cl)NN. The Morgan fingerprint density at radius 1 is 1.53 bits per heavy atom. The maximum absolute atomic E-state index is 6.12. The molecular weight excluding hydrogens is 208 g/mol. The van der Waals surface area contributed by atoms with Crippen molar-refractivity contribution in [3.63, 3.8) is 0 Å². The molecule has 3 unspecified atom stereocenters. The third-order valence-electron chi connectivity index (χ3n) is 3.30. The van der Waals surface area contributed by atoms with Crippen molar-refractivity contribution in [3.8, 4) is 0 Å². The van der Waals surface area contributed by atoms with Crippen molar-refractivity contribution in [2.75, 3.05) is 0 Å². The number of rotatable bonds is 4. The molecule has 3 atom stereocenters. The lowest BCUT2D eigenvalue weighted by molar-refractivity contribution is 0.454. The lowest BCUT2D eigenvalue weighted by atomic mass is 10.0. The Morgan fingerprint density at radius 2 is 2.20 bits per heavy atom. The van der Waals surface area contributed by atoms with Crippen molar-refractivity contribution in [2.45, 2.75) is 25.8 Å². The molecule has 1 aromatic rings. The fourth-order valence-corrected chi connectivity index (χ4v) is 2.36. The van der Waals surface area contributed by atoms with Crippen molar-refractivity contribution < 1.29 is 0 Å². The highest BCUT2D eigenvalue weighted by atomic mass is 35.5. The van der Waals surface area contributed by atoms with Gasteiger partial charge in [-0.1, -0.05) is 36.7 Å². The first-order valence-corrected chi connectivity index (χ1v) is 5.79. The highest BCUT2D eigenvalue weighted by Crippen LogP contribution is 2.41. The molecule has 1 aliphatic rings. The molecule has 1 saturated carbocycles. The fraction of sp³-hybridized carbons (Fsp3) is 0.500. The smallest absolute Gasteiger partial charge is 0.0438 e. The van der Waals surface area contributed by atoms with Crippen molar-refractivity contribution in [1.29, 1.82) is 0 Å². The summed E-state index contributed by atoms with van der Waals surface area (Å²) in [5, 5.41) is 0.839. The summed E-state index contributed by atoms with van der Waals surface area (Å²) < 4.78 is 0. The first-order valence-electron chi connectivity index (χ1n) is 5.42. The van der Waals surface area contributed by atoms with E-state index in [2.05, 4.69) is 18.4 Å². The molecule has 2 nitrogen and oxygen atoms in total. The normalized spacial score (nSPS) is 26.3. The molecule has 1 fully saturated rings. The van der Waals surface area contributed by atoms with Crippen LogP contribution < -0.4 is 11.3 Å². The van der Waals surface area contributed by atoms with Crippen LogP contribution in [0.4, 0.5) is 0 Å². The predicted molar refractivity (Wildman–Crippen MR) is 63.5 cm³/mol. The Balaban J connectivity index is 2.03. The van der Waals surface area contributed by atoms with Gasteiger partial charge in [-0.2, -0.15) is 0 Å². The molecule has 0 amide bonds. The molecule has 1 aliphatic carbocycles. The van der Waals surface area contributed by atoms with E-state index in [9.17, 15) is 0 Å². The average Bonchev–Trinajstić information content (AvgIpc) is 2.94. The van der Waals surface area contributed by atoms with E-state index in [1.54, 1.807) is 0 Å². The van der Waals surface area contributed by atoms with Crippen LogP contribution in [0.15, 0.2) is 24.3 Å². The van der Waals surface area contributed by atoms with E-state index in [4.69, 9.17) is 17.4 Å². The van der Waals surface area contributed by atoms with E-state index in [1.807, 2.05) is 18.2 Å². The summed E-state index contributed by atoms with van der Waals surface area (Å²) in [4.78, 5) is 0. The van der Waals surface area contributed by atoms with Gasteiger partial charge in [0.1, 0.15) is 0 Å². The van der Waals surface area contributed by atoms with Gasteiger partial charge in [0, 0.05) is 11.1 Å². The first-order chi connectivity index (χ1) is 7.22. The largest absolute Gasteiger partial charge is 0.271 e. The quantitative estimate of drug-likeness (QED) is 0.609. The van der Waals surface area contributed by atoms with E-state index in [0.717, 1.165) is 17.4 Å². The Bertz CT molecular complexity index is 340. The Morgan fingerprint density at radius 3 is 2.73 bits per heavy atom. The minimum Gasteiger partial charge on any atom is -0.271 e. The standard InChI is InChI=1S/C12H17ClN2/c1-8-6-10(8)12(15-14)7-9-4-2-3-5-11(9)13/h2-5,8,10,12,15H,6-7,14H2,1H3. The summed E-state index contributed by atoms with van der Waals surface area (Å²) in [6.45, 7) is 2.27. The van der Waals surface area contributed by atoms with Gasteiger partial charge in [-0.05, 0) is 36.3 Å². The molecule has 15 heavy (non-hydrogen) atoms. The van der Waals surface area contributed by atoms with Crippen LogP contribution in [0.25, 0.3) is 0 Å². The number of nitrogens with one attached hydrogen (secondary N) is 1. The third-order valence-corrected chi connectivity index (χ3v) is 3.67. The van der Waals surface area contributed by atoms with Crippen molar-refractivity contribution in [2.24, 2.45) is 17.7 Å². The van der Waals surface area contributed by atoms with Crippen LogP contribution in [0.1, 0.15) is 18.9 Å². The number of hydrogen-bond donors (Lipinski definition) is 2. The molecule has 0 aromatic heterocycles. The lowest BCUT2D eigenvalue weighted by Crippen LogP contribution is -2.38. The Kier molecular flexibility index (Phi) is 3.29. The first kappa shape index (κ1) is 10.9. The van der Waals surface area contributed by atoms with E-state index in [0.29, 0.717) is 12.0 Å². The summed E-state index contributed by atoms with van der Waals surface area (Å²) in [5.41, 5.74) is 4.09. The maximum Gasteiger partial charge on any atom is 0.0438 e. The fourth-order valence-electron chi connectivity index (χ4n) is 2.15. The zero-order valence-corrected chi connectivity index (χ0v) is 9.67. The van der Waals surface area contributed by atoms with Crippen LogP contribution in [0.5, 0.6) is 0 Å². The van der Waals surface area contributed by atoms with Gasteiger partial charge in [-0.3, -0.25) is 11.3 Å². The summed E-state index contributed by atoms with van der Waals surface area (Å²) in [6, 6.07) is 8.34. The third kappa shape index (κ3) is 2.51. The minimum absolute atomic E-state index is 0.361. The molecule has 0 aliphatic heterocycles. The zero-order chi connectivity index (χ0) is 10.8. The molecule has 0 spiro atoms. The van der Waals surface area contributed by atoms with Gasteiger partial charge in [0.2, 0.25) is 0 Å². The van der Waals surface area contributed by atoms with Crippen molar-refractivity contribution in [1.82, 2.24) is 5.43 Å². The van der Waals surface area contributed by atoms with Crippen LogP contribution in [-0.4, -0.2) is 6.04 Å². The van der Waals surface area contributed by atoms with Crippen molar-refractivity contribution >= 4 is 11.6 Å². The molecule has 0 saturated heterocycles. The highest BCUT2D eigenvalue weighted by Gasteiger charge is 2.38. The van der Waals surface area contributed by atoms with Crippen LogP contribution in [0, 0.1) is 11.8 Å². The monoisotopic (exact) mass is 224 g/mol. The van der Waals surface area contributed by atoms with E-state index >= 15 is 0 Å². The average molecular weight is 225 g/mol. The van der Waals surface area contributed by atoms with Gasteiger partial charge >= 0.3 is 0 Å². The molecule has 2 rings (SSSR count). The molecular formula is C12H17ClN2. The van der Waals surface area contributed by atoms with Crippen LogP contribution in [0.3, 0.4) is 0 Å². The summed E-state index contributed by atoms with van der Waals surface area (Å²) in [5.74, 6) is 7.09. The molecule has 82 valence electrons. The van der Waals surface area contributed by atoms with Crippen LogP contribution in [-0.2, 0) is 6.42 Å². The van der Waals surface area contributed by atoms with E-state index in [-0.39, 0.29) is 0 Å². The Labute approximate surface area is 95.8 Å². The second kappa shape index (κ2) is 4.52. The molecule has 3 heteroatoms. The van der Waals surface area contributed by atoms with Gasteiger partial charge < -0.3 is 0 Å². The zero-order valence-electron chi connectivity index (χ0n) is 8.91. The van der Waals surface area contributed by atoms with Gasteiger partial charge in [0.25, 0.3) is 0 Å². The molecule has 3 N–H and O–H groups in total. The number of halogens is 1. The number of hydrazine groups is 1. The molecule has 0 heterocycles. The van der Waals surface area contributed by atoms with Crippen LogP contribution >= 0.6 is 11.6 Å². The number of hydrogen-bond acceptors (Lipinski definition) is 2. The minimum atomic E-state index is 0.361. The second-order valence-corrected chi connectivity index (χ2v) is 4.85. The van der Waals surface area contributed by atoms with Gasteiger partial charge in [0.05, 0.1) is 0 Å². The molecule has 0 bridgehead atoms. The summed E-state index contributed by atoms with van der Waals surface area (Å²) in [6.07, 6.45) is 2.20. The maximum atomic E-state index is 6.12. The van der Waals surface area contributed by atoms with Gasteiger partial charge in [0.15, 0.2) is 0 Å². The molecule has 0 radical (unpaired) electrons. The van der Waals surface area contributed by atoms with Gasteiger partial charge in [-0.25, -0.2) is 0 Å². The van der Waals surface area contributed by atoms with E-state index < -0.39 is 0 Å².